The number of halogens is 2. The molecule has 0 saturated carbocycles. The quantitative estimate of drug-likeness (QED) is 0.546. The fourth-order valence-electron chi connectivity index (χ4n) is 0.839. The first-order valence-corrected chi connectivity index (χ1v) is 3.87. The molecular formula is C8H9ClFN. The molecule has 0 bridgehead atoms. The number of alkyl halides is 1. The van der Waals surface area contributed by atoms with Gasteiger partial charge in [-0.1, -0.05) is 12.1 Å². The topological polar surface area (TPSA) is 12.0 Å². The molecule has 0 unspecified atom stereocenters. The van der Waals surface area contributed by atoms with Crippen LogP contribution in [0, 0.1) is 5.82 Å². The van der Waals surface area contributed by atoms with Gasteiger partial charge < -0.3 is 0 Å². The van der Waals surface area contributed by atoms with Crippen molar-refractivity contribution < 1.29 is 4.39 Å². The summed E-state index contributed by atoms with van der Waals surface area (Å²) in [6.07, 6.45) is 0. The lowest BCUT2D eigenvalue weighted by atomic mass is 10.2. The Balaban J connectivity index is 2.56. The van der Waals surface area contributed by atoms with Gasteiger partial charge in [-0.2, -0.15) is 0 Å². The van der Waals surface area contributed by atoms with Crippen molar-refractivity contribution in [3.63, 3.8) is 0 Å². The van der Waals surface area contributed by atoms with Crippen molar-refractivity contribution in [1.29, 1.82) is 0 Å². The van der Waals surface area contributed by atoms with Crippen molar-refractivity contribution in [2.24, 2.45) is 0 Å². The van der Waals surface area contributed by atoms with Gasteiger partial charge in [0.15, 0.2) is 0 Å². The molecule has 3 heteroatoms. The Morgan fingerprint density at radius 2 is 2.27 bits per heavy atom. The molecule has 11 heavy (non-hydrogen) atoms. The minimum absolute atomic E-state index is 0.209. The maximum atomic E-state index is 12.5. The molecule has 0 fully saturated rings. The Bertz CT molecular complexity index is 227. The Kier molecular flexibility index (Phi) is 3.33. The van der Waals surface area contributed by atoms with Crippen LogP contribution in [0.4, 0.5) is 4.39 Å². The van der Waals surface area contributed by atoms with E-state index in [0.717, 1.165) is 5.56 Å². The lowest BCUT2D eigenvalue weighted by molar-refractivity contribution is 0.623. The average molecular weight is 174 g/mol. The van der Waals surface area contributed by atoms with Gasteiger partial charge in [-0.3, -0.25) is 5.32 Å². The number of rotatable bonds is 3. The standard InChI is InChI=1S/C8H9ClFN/c9-6-11-5-7-2-1-3-8(10)4-7/h1-4,11H,5-6H2. The summed E-state index contributed by atoms with van der Waals surface area (Å²) >= 11 is 5.39. The van der Waals surface area contributed by atoms with E-state index < -0.39 is 0 Å². The molecule has 1 N–H and O–H groups in total. The summed E-state index contributed by atoms with van der Waals surface area (Å²) < 4.78 is 12.5. The predicted molar refractivity (Wildman–Crippen MR) is 44.0 cm³/mol. The predicted octanol–water partition coefficient (Wildman–Crippen LogP) is 2.11. The fraction of sp³-hybridized carbons (Fsp3) is 0.250. The first-order chi connectivity index (χ1) is 5.33. The Hall–Kier alpha value is -0.600. The average Bonchev–Trinajstić information content (AvgIpc) is 2.01. The van der Waals surface area contributed by atoms with Gasteiger partial charge in [0.05, 0.1) is 6.00 Å². The van der Waals surface area contributed by atoms with Gasteiger partial charge in [-0.05, 0) is 17.7 Å². The molecule has 1 rings (SSSR count). The van der Waals surface area contributed by atoms with E-state index in [9.17, 15) is 4.39 Å². The first-order valence-electron chi connectivity index (χ1n) is 3.34. The summed E-state index contributed by atoms with van der Waals surface area (Å²) in [4.78, 5) is 0. The molecule has 0 aliphatic rings. The Morgan fingerprint density at radius 3 is 2.91 bits per heavy atom. The molecule has 0 spiro atoms. The lowest BCUT2D eigenvalue weighted by Crippen LogP contribution is -2.09. The zero-order valence-corrected chi connectivity index (χ0v) is 6.74. The number of nitrogens with one attached hydrogen (secondary N) is 1. The minimum Gasteiger partial charge on any atom is -0.300 e. The summed E-state index contributed by atoms with van der Waals surface area (Å²) in [6.45, 7) is 0.612. The van der Waals surface area contributed by atoms with E-state index in [1.54, 1.807) is 6.07 Å². The summed E-state index contributed by atoms with van der Waals surface area (Å²) in [7, 11) is 0. The van der Waals surface area contributed by atoms with Gasteiger partial charge in [0.2, 0.25) is 0 Å². The van der Waals surface area contributed by atoms with Gasteiger partial charge in [0.1, 0.15) is 5.82 Å². The van der Waals surface area contributed by atoms with Gasteiger partial charge in [-0.25, -0.2) is 4.39 Å². The van der Waals surface area contributed by atoms with Crippen LogP contribution in [0.5, 0.6) is 0 Å². The first kappa shape index (κ1) is 8.50. The highest BCUT2D eigenvalue weighted by atomic mass is 35.5. The van der Waals surface area contributed by atoms with E-state index in [0.29, 0.717) is 12.5 Å². The SMILES string of the molecule is Fc1cccc(CNCCl)c1. The molecule has 1 aromatic carbocycles. The molecule has 0 aliphatic carbocycles. The molecule has 0 aliphatic heterocycles. The van der Waals surface area contributed by atoms with Crippen LogP contribution in [0.25, 0.3) is 0 Å². The van der Waals surface area contributed by atoms with Crippen LogP contribution in [0.1, 0.15) is 5.56 Å². The van der Waals surface area contributed by atoms with Crippen molar-refractivity contribution in [3.05, 3.63) is 35.6 Å². The summed E-state index contributed by atoms with van der Waals surface area (Å²) in [6, 6.07) is 6.82. The molecule has 0 aromatic heterocycles. The zero-order valence-electron chi connectivity index (χ0n) is 5.98. The van der Waals surface area contributed by atoms with Crippen LogP contribution in [0.3, 0.4) is 0 Å². The van der Waals surface area contributed by atoms with E-state index >= 15 is 0 Å². The third-order valence-electron chi connectivity index (χ3n) is 1.31. The molecule has 0 amide bonds. The molecule has 1 nitrogen and oxygen atoms in total. The molecule has 60 valence electrons. The zero-order chi connectivity index (χ0) is 8.10. The smallest absolute Gasteiger partial charge is 0.123 e. The molecule has 1 aromatic rings. The summed E-state index contributed by atoms with van der Waals surface area (Å²) in [5.41, 5.74) is 0.908. The summed E-state index contributed by atoms with van der Waals surface area (Å²) in [5.74, 6) is -0.209. The van der Waals surface area contributed by atoms with Crippen molar-refractivity contribution in [2.75, 3.05) is 6.00 Å². The number of benzene rings is 1. The number of hydrogen-bond acceptors (Lipinski definition) is 1. The van der Waals surface area contributed by atoms with Crippen LogP contribution >= 0.6 is 11.6 Å². The van der Waals surface area contributed by atoms with Crippen LogP contribution in [-0.4, -0.2) is 6.00 Å². The Labute approximate surface area is 70.2 Å². The highest BCUT2D eigenvalue weighted by Gasteiger charge is 1.92. The largest absolute Gasteiger partial charge is 0.300 e. The molecule has 0 atom stereocenters. The van der Waals surface area contributed by atoms with Crippen molar-refractivity contribution in [3.8, 4) is 0 Å². The molecule has 0 saturated heterocycles. The van der Waals surface area contributed by atoms with Crippen molar-refractivity contribution in [2.45, 2.75) is 6.54 Å². The van der Waals surface area contributed by atoms with Crippen LogP contribution in [0.2, 0.25) is 0 Å². The summed E-state index contributed by atoms with van der Waals surface area (Å²) in [5, 5.41) is 2.89. The second-order valence-electron chi connectivity index (χ2n) is 2.19. The third kappa shape index (κ3) is 2.87. The van der Waals surface area contributed by atoms with Gasteiger partial charge >= 0.3 is 0 Å². The van der Waals surface area contributed by atoms with Crippen LogP contribution in [0.15, 0.2) is 24.3 Å². The second kappa shape index (κ2) is 4.31. The highest BCUT2D eigenvalue weighted by molar-refractivity contribution is 6.17. The molecule has 0 radical (unpaired) electrons. The van der Waals surface area contributed by atoms with E-state index in [-0.39, 0.29) is 5.82 Å². The third-order valence-corrected chi connectivity index (χ3v) is 1.50. The van der Waals surface area contributed by atoms with Crippen LogP contribution in [-0.2, 0) is 6.54 Å². The minimum atomic E-state index is -0.209. The van der Waals surface area contributed by atoms with E-state index in [4.69, 9.17) is 11.6 Å². The molecule has 0 heterocycles. The van der Waals surface area contributed by atoms with Crippen molar-refractivity contribution >= 4 is 11.6 Å². The molecular weight excluding hydrogens is 165 g/mol. The van der Waals surface area contributed by atoms with Gasteiger partial charge in [0, 0.05) is 6.54 Å². The lowest BCUT2D eigenvalue weighted by Gasteiger charge is -1.99. The van der Waals surface area contributed by atoms with E-state index in [1.165, 1.54) is 12.1 Å². The van der Waals surface area contributed by atoms with E-state index in [2.05, 4.69) is 5.32 Å². The fourth-order valence-corrected chi connectivity index (χ4v) is 0.933. The van der Waals surface area contributed by atoms with Gasteiger partial charge in [0.25, 0.3) is 0 Å². The maximum absolute atomic E-state index is 12.5. The van der Waals surface area contributed by atoms with Gasteiger partial charge in [-0.15, -0.1) is 11.6 Å². The highest BCUT2D eigenvalue weighted by Crippen LogP contribution is 2.02. The maximum Gasteiger partial charge on any atom is 0.123 e. The monoisotopic (exact) mass is 173 g/mol. The normalized spacial score (nSPS) is 10.0. The Morgan fingerprint density at radius 1 is 1.45 bits per heavy atom. The van der Waals surface area contributed by atoms with Crippen LogP contribution < -0.4 is 5.32 Å². The van der Waals surface area contributed by atoms with Crippen molar-refractivity contribution in [1.82, 2.24) is 5.32 Å². The second-order valence-corrected chi connectivity index (χ2v) is 2.46. The number of hydrogen-bond donors (Lipinski definition) is 1. The van der Waals surface area contributed by atoms with E-state index in [1.807, 2.05) is 6.07 Å².